The molecule has 0 aromatic rings. The van der Waals surface area contributed by atoms with Crippen molar-refractivity contribution in [2.75, 3.05) is 19.7 Å². The second kappa shape index (κ2) is 5.47. The molecule has 0 unspecified atom stereocenters. The van der Waals surface area contributed by atoms with Gasteiger partial charge in [0, 0.05) is 11.6 Å². The summed E-state index contributed by atoms with van der Waals surface area (Å²) in [4.78, 5) is 14.3. The van der Waals surface area contributed by atoms with Crippen LogP contribution in [0, 0.1) is 5.92 Å². The summed E-state index contributed by atoms with van der Waals surface area (Å²) in [6, 6.07) is 0.318. The maximum absolute atomic E-state index is 12.3. The van der Waals surface area contributed by atoms with E-state index in [1.54, 1.807) is 0 Å². The van der Waals surface area contributed by atoms with E-state index in [-0.39, 0.29) is 11.6 Å². The number of hydrogen-bond donors (Lipinski definition) is 1. The van der Waals surface area contributed by atoms with E-state index < -0.39 is 0 Å². The fraction of sp³-hybridized carbons (Fsp3) is 0.929. The molecule has 1 amide bonds. The Labute approximate surface area is 110 Å². The third-order valence-electron chi connectivity index (χ3n) is 3.73. The van der Waals surface area contributed by atoms with E-state index in [1.165, 1.54) is 12.8 Å². The molecule has 0 spiro atoms. The number of nitrogens with zero attached hydrogens (tertiary/aromatic N) is 1. The van der Waals surface area contributed by atoms with Gasteiger partial charge in [0.2, 0.25) is 0 Å². The van der Waals surface area contributed by atoms with Gasteiger partial charge in [-0.2, -0.15) is 0 Å². The van der Waals surface area contributed by atoms with Gasteiger partial charge in [-0.25, -0.2) is 4.79 Å². The maximum Gasteiger partial charge on any atom is 0.410 e. The quantitative estimate of drug-likeness (QED) is 0.841. The van der Waals surface area contributed by atoms with Crippen molar-refractivity contribution in [3.8, 4) is 0 Å². The molecule has 1 N–H and O–H groups in total. The lowest BCUT2D eigenvalue weighted by atomic mass is 9.98. The van der Waals surface area contributed by atoms with Gasteiger partial charge in [-0.1, -0.05) is 0 Å². The number of ether oxygens (including phenoxy) is 1. The van der Waals surface area contributed by atoms with Crippen molar-refractivity contribution >= 4 is 6.09 Å². The van der Waals surface area contributed by atoms with Crippen LogP contribution in [0.4, 0.5) is 4.79 Å². The number of nitrogens with one attached hydrogen (secondary N) is 1. The molecule has 2 fully saturated rings. The molecule has 0 aromatic heterocycles. The third-order valence-corrected chi connectivity index (χ3v) is 3.73. The lowest BCUT2D eigenvalue weighted by Crippen LogP contribution is -2.54. The van der Waals surface area contributed by atoms with Gasteiger partial charge in [-0.3, -0.25) is 0 Å². The van der Waals surface area contributed by atoms with Crippen LogP contribution < -0.4 is 5.32 Å². The van der Waals surface area contributed by atoms with Gasteiger partial charge in [0.25, 0.3) is 0 Å². The van der Waals surface area contributed by atoms with Crippen molar-refractivity contribution in [3.63, 3.8) is 0 Å². The minimum atomic E-state index is -0.164. The summed E-state index contributed by atoms with van der Waals surface area (Å²) in [5, 5.41) is 3.34. The molecule has 1 aliphatic heterocycles. The zero-order valence-corrected chi connectivity index (χ0v) is 11.9. The monoisotopic (exact) mass is 254 g/mol. The topological polar surface area (TPSA) is 41.6 Å². The van der Waals surface area contributed by atoms with Crippen LogP contribution in [0.3, 0.4) is 0 Å². The molecule has 1 heterocycles. The van der Waals surface area contributed by atoms with E-state index >= 15 is 0 Å². The molecule has 0 radical (unpaired) electrons. The van der Waals surface area contributed by atoms with Crippen LogP contribution in [0.2, 0.25) is 0 Å². The predicted octanol–water partition coefficient (Wildman–Crippen LogP) is 2.39. The van der Waals surface area contributed by atoms with Crippen LogP contribution in [0.5, 0.6) is 0 Å². The number of hydrogen-bond acceptors (Lipinski definition) is 3. The highest BCUT2D eigenvalue weighted by Crippen LogP contribution is 2.30. The molecule has 0 bridgehead atoms. The summed E-state index contributed by atoms with van der Waals surface area (Å²) in [7, 11) is 0. The van der Waals surface area contributed by atoms with Crippen molar-refractivity contribution in [1.82, 2.24) is 10.2 Å². The number of amides is 1. The van der Waals surface area contributed by atoms with Gasteiger partial charge in [-0.05, 0) is 65.5 Å². The summed E-state index contributed by atoms with van der Waals surface area (Å²) in [6.45, 7) is 8.87. The Morgan fingerprint density at radius 2 is 1.83 bits per heavy atom. The fourth-order valence-electron chi connectivity index (χ4n) is 2.58. The van der Waals surface area contributed by atoms with Gasteiger partial charge in [0.05, 0.1) is 6.61 Å². The van der Waals surface area contributed by atoms with Gasteiger partial charge in [0.15, 0.2) is 0 Å². The predicted molar refractivity (Wildman–Crippen MR) is 71.6 cm³/mol. The largest absolute Gasteiger partial charge is 0.449 e. The molecule has 1 saturated carbocycles. The molecule has 1 saturated heterocycles. The molecule has 18 heavy (non-hydrogen) atoms. The number of rotatable bonds is 3. The highest BCUT2D eigenvalue weighted by atomic mass is 16.6. The Morgan fingerprint density at radius 3 is 2.33 bits per heavy atom. The standard InChI is InChI=1S/C14H26N2O2/c1-14(2,3)16(12-6-8-15-9-7-12)13(17)18-10-11-4-5-11/h11-12,15H,4-10H2,1-3H3. The van der Waals surface area contributed by atoms with E-state index in [9.17, 15) is 4.79 Å². The molecular formula is C14H26N2O2. The molecular weight excluding hydrogens is 228 g/mol. The lowest BCUT2D eigenvalue weighted by Gasteiger charge is -2.42. The Bertz CT molecular complexity index is 289. The smallest absolute Gasteiger partial charge is 0.410 e. The van der Waals surface area contributed by atoms with Gasteiger partial charge in [-0.15, -0.1) is 0 Å². The molecule has 0 aromatic carbocycles. The zero-order valence-electron chi connectivity index (χ0n) is 11.9. The van der Waals surface area contributed by atoms with Gasteiger partial charge >= 0.3 is 6.09 Å². The normalized spacial score (nSPS) is 21.7. The van der Waals surface area contributed by atoms with E-state index in [2.05, 4.69) is 26.1 Å². The fourth-order valence-corrected chi connectivity index (χ4v) is 2.58. The third kappa shape index (κ3) is 3.61. The van der Waals surface area contributed by atoms with Crippen LogP contribution in [-0.2, 0) is 4.74 Å². The first-order valence-electron chi connectivity index (χ1n) is 7.15. The first kappa shape index (κ1) is 13.7. The molecule has 4 nitrogen and oxygen atoms in total. The van der Waals surface area contributed by atoms with E-state index in [0.29, 0.717) is 18.6 Å². The molecule has 4 heteroatoms. The summed E-state index contributed by atoms with van der Waals surface area (Å²) in [6.07, 6.45) is 4.36. The van der Waals surface area contributed by atoms with Gasteiger partial charge < -0.3 is 15.0 Å². The SMILES string of the molecule is CC(C)(C)N(C(=O)OCC1CC1)C1CCNCC1. The zero-order chi connectivity index (χ0) is 13.2. The van der Waals surface area contributed by atoms with Crippen molar-refractivity contribution in [3.05, 3.63) is 0 Å². The number of carbonyl (C=O) groups excluding carboxylic acids is 1. The van der Waals surface area contributed by atoms with Crippen LogP contribution in [-0.4, -0.2) is 42.3 Å². The van der Waals surface area contributed by atoms with E-state index in [4.69, 9.17) is 4.74 Å². The molecule has 0 atom stereocenters. The van der Waals surface area contributed by atoms with Gasteiger partial charge in [0.1, 0.15) is 0 Å². The minimum absolute atomic E-state index is 0.124. The van der Waals surface area contributed by atoms with Crippen LogP contribution in [0.15, 0.2) is 0 Å². The Hall–Kier alpha value is -0.770. The average molecular weight is 254 g/mol. The van der Waals surface area contributed by atoms with Crippen molar-refractivity contribution in [2.24, 2.45) is 5.92 Å². The maximum atomic E-state index is 12.3. The van der Waals surface area contributed by atoms with Crippen molar-refractivity contribution in [2.45, 2.75) is 58.0 Å². The number of carbonyl (C=O) groups is 1. The summed E-state index contributed by atoms with van der Waals surface area (Å²) in [5.74, 6) is 0.629. The van der Waals surface area contributed by atoms with Crippen LogP contribution in [0.25, 0.3) is 0 Å². The highest BCUT2D eigenvalue weighted by molar-refractivity contribution is 5.69. The average Bonchev–Trinajstić information content (AvgIpc) is 3.10. The molecule has 2 aliphatic rings. The Balaban J connectivity index is 1.96. The second-order valence-corrected chi connectivity index (χ2v) is 6.54. The van der Waals surface area contributed by atoms with Crippen LogP contribution >= 0.6 is 0 Å². The summed E-state index contributed by atoms with van der Waals surface area (Å²) in [5.41, 5.74) is -0.164. The highest BCUT2D eigenvalue weighted by Gasteiger charge is 2.35. The molecule has 2 rings (SSSR count). The van der Waals surface area contributed by atoms with Crippen molar-refractivity contribution in [1.29, 1.82) is 0 Å². The van der Waals surface area contributed by atoms with E-state index in [0.717, 1.165) is 25.9 Å². The van der Waals surface area contributed by atoms with Crippen LogP contribution in [0.1, 0.15) is 46.5 Å². The Kier molecular flexibility index (Phi) is 4.15. The minimum Gasteiger partial charge on any atom is -0.449 e. The number of piperidine rings is 1. The summed E-state index contributed by atoms with van der Waals surface area (Å²) < 4.78 is 5.47. The molecule has 1 aliphatic carbocycles. The van der Waals surface area contributed by atoms with Crippen molar-refractivity contribution < 1.29 is 9.53 Å². The summed E-state index contributed by atoms with van der Waals surface area (Å²) >= 11 is 0. The molecule has 104 valence electrons. The first-order chi connectivity index (χ1) is 8.48. The second-order valence-electron chi connectivity index (χ2n) is 6.54. The Morgan fingerprint density at radius 1 is 1.22 bits per heavy atom. The lowest BCUT2D eigenvalue weighted by molar-refractivity contribution is 0.0335. The first-order valence-corrected chi connectivity index (χ1v) is 7.15. The van der Waals surface area contributed by atoms with E-state index in [1.807, 2.05) is 4.90 Å².